The number of hydrogen-bond donors (Lipinski definition) is 1. The number of ether oxygens (including phenoxy) is 2. The monoisotopic (exact) mass is 227 g/mol. The molecule has 4 heteroatoms. The van der Waals surface area contributed by atoms with Gasteiger partial charge in [-0.25, -0.2) is 0 Å². The minimum absolute atomic E-state index is 0.00470. The van der Waals surface area contributed by atoms with Crippen LogP contribution < -0.4 is 5.73 Å². The molecule has 3 nitrogen and oxygen atoms in total. The van der Waals surface area contributed by atoms with Gasteiger partial charge in [-0.2, -0.15) is 0 Å². The van der Waals surface area contributed by atoms with Crippen molar-refractivity contribution in [2.24, 2.45) is 5.73 Å². The van der Waals surface area contributed by atoms with Crippen LogP contribution in [0.25, 0.3) is 0 Å². The second-order valence-corrected chi connectivity index (χ2v) is 4.10. The maximum atomic E-state index is 5.88. The van der Waals surface area contributed by atoms with Crippen LogP contribution in [0.3, 0.4) is 0 Å². The fourth-order valence-electron chi connectivity index (χ4n) is 1.64. The molecule has 0 aromatic heterocycles. The first-order valence-electron chi connectivity index (χ1n) is 4.94. The molecule has 2 atom stereocenters. The lowest BCUT2D eigenvalue weighted by Gasteiger charge is -2.13. The van der Waals surface area contributed by atoms with Crippen molar-refractivity contribution in [2.45, 2.75) is 19.3 Å². The van der Waals surface area contributed by atoms with Crippen molar-refractivity contribution in [1.82, 2.24) is 0 Å². The Labute approximate surface area is 94.1 Å². The molecule has 0 spiro atoms. The summed E-state index contributed by atoms with van der Waals surface area (Å²) < 4.78 is 11.1. The summed E-state index contributed by atoms with van der Waals surface area (Å²) in [6.45, 7) is 3.04. The summed E-state index contributed by atoms with van der Waals surface area (Å²) in [7, 11) is 0. The van der Waals surface area contributed by atoms with E-state index in [0.29, 0.717) is 13.2 Å². The molecule has 0 bridgehead atoms. The van der Waals surface area contributed by atoms with Crippen LogP contribution in [0.1, 0.15) is 17.4 Å². The quantitative estimate of drug-likeness (QED) is 0.841. The molecule has 82 valence electrons. The number of nitrogens with two attached hydrogens (primary N) is 1. The Bertz CT molecular complexity index is 356. The Hall–Kier alpha value is -0.610. The van der Waals surface area contributed by atoms with Gasteiger partial charge in [-0.3, -0.25) is 0 Å². The van der Waals surface area contributed by atoms with Gasteiger partial charge in [0.05, 0.1) is 12.7 Å². The smallest absolute Gasteiger partial charge is 0.184 e. The number of benzene rings is 1. The van der Waals surface area contributed by atoms with Crippen molar-refractivity contribution >= 4 is 11.6 Å². The third-order valence-corrected chi connectivity index (χ3v) is 2.73. The standard InChI is InChI=1S/C11H14ClNO2/c1-7-4-8(12)2-3-10(7)11-14-6-9(5-13)15-11/h2-4,9,11H,5-6,13H2,1H3. The van der Waals surface area contributed by atoms with Crippen LogP contribution in [0.5, 0.6) is 0 Å². The van der Waals surface area contributed by atoms with Gasteiger partial charge in [0.2, 0.25) is 0 Å². The lowest BCUT2D eigenvalue weighted by Crippen LogP contribution is -2.21. The Morgan fingerprint density at radius 2 is 2.33 bits per heavy atom. The van der Waals surface area contributed by atoms with Gasteiger partial charge in [-0.15, -0.1) is 0 Å². The normalized spacial score (nSPS) is 25.8. The first-order valence-corrected chi connectivity index (χ1v) is 5.31. The molecule has 1 heterocycles. The van der Waals surface area contributed by atoms with E-state index in [1.165, 1.54) is 0 Å². The molecule has 2 unspecified atom stereocenters. The minimum atomic E-state index is -0.296. The van der Waals surface area contributed by atoms with Crippen LogP contribution in [-0.2, 0) is 9.47 Å². The highest BCUT2D eigenvalue weighted by molar-refractivity contribution is 6.30. The second-order valence-electron chi connectivity index (χ2n) is 3.66. The van der Waals surface area contributed by atoms with Gasteiger partial charge in [-0.05, 0) is 24.6 Å². The molecular weight excluding hydrogens is 214 g/mol. The average molecular weight is 228 g/mol. The predicted molar refractivity (Wildman–Crippen MR) is 58.8 cm³/mol. The zero-order chi connectivity index (χ0) is 10.8. The SMILES string of the molecule is Cc1cc(Cl)ccc1C1OCC(CN)O1. The number of halogens is 1. The molecule has 1 aliphatic rings. The highest BCUT2D eigenvalue weighted by Gasteiger charge is 2.27. The molecule has 1 saturated heterocycles. The number of rotatable bonds is 2. The molecule has 1 aliphatic heterocycles. The van der Waals surface area contributed by atoms with Crippen LogP contribution in [0, 0.1) is 6.92 Å². The Balaban J connectivity index is 2.17. The molecule has 2 rings (SSSR count). The summed E-state index contributed by atoms with van der Waals surface area (Å²) in [5.41, 5.74) is 7.61. The van der Waals surface area contributed by atoms with Crippen molar-refractivity contribution in [1.29, 1.82) is 0 Å². The van der Waals surface area contributed by atoms with Crippen LogP contribution in [0.2, 0.25) is 5.02 Å². The molecule has 1 aromatic rings. The van der Waals surface area contributed by atoms with Crippen LogP contribution in [0.15, 0.2) is 18.2 Å². The van der Waals surface area contributed by atoms with Gasteiger partial charge in [-0.1, -0.05) is 17.7 Å². The topological polar surface area (TPSA) is 44.5 Å². The molecule has 0 radical (unpaired) electrons. The van der Waals surface area contributed by atoms with Gasteiger partial charge in [0, 0.05) is 17.1 Å². The fraction of sp³-hybridized carbons (Fsp3) is 0.455. The maximum absolute atomic E-state index is 5.88. The van der Waals surface area contributed by atoms with Gasteiger partial charge in [0.25, 0.3) is 0 Å². The van der Waals surface area contributed by atoms with E-state index in [4.69, 9.17) is 26.8 Å². The first-order chi connectivity index (χ1) is 7.20. The lowest BCUT2D eigenvalue weighted by atomic mass is 10.1. The van der Waals surface area contributed by atoms with E-state index in [0.717, 1.165) is 16.1 Å². The van der Waals surface area contributed by atoms with Gasteiger partial charge in [0.1, 0.15) is 0 Å². The second kappa shape index (κ2) is 4.49. The van der Waals surface area contributed by atoms with Crippen molar-refractivity contribution < 1.29 is 9.47 Å². The lowest BCUT2D eigenvalue weighted by molar-refractivity contribution is -0.0589. The van der Waals surface area contributed by atoms with E-state index in [-0.39, 0.29) is 12.4 Å². The van der Waals surface area contributed by atoms with Crippen LogP contribution in [-0.4, -0.2) is 19.3 Å². The van der Waals surface area contributed by atoms with E-state index in [2.05, 4.69) is 0 Å². The zero-order valence-electron chi connectivity index (χ0n) is 8.57. The molecule has 0 saturated carbocycles. The van der Waals surface area contributed by atoms with Crippen LogP contribution >= 0.6 is 11.6 Å². The molecule has 0 aliphatic carbocycles. The third-order valence-electron chi connectivity index (χ3n) is 2.50. The van der Waals surface area contributed by atoms with Crippen molar-refractivity contribution in [3.8, 4) is 0 Å². The summed E-state index contributed by atoms with van der Waals surface area (Å²) in [6, 6.07) is 5.67. The van der Waals surface area contributed by atoms with Crippen molar-refractivity contribution in [3.63, 3.8) is 0 Å². The molecule has 1 aromatic carbocycles. The van der Waals surface area contributed by atoms with E-state index in [9.17, 15) is 0 Å². The summed E-state index contributed by atoms with van der Waals surface area (Å²) in [4.78, 5) is 0. The minimum Gasteiger partial charge on any atom is -0.346 e. The fourth-order valence-corrected chi connectivity index (χ4v) is 1.86. The molecule has 15 heavy (non-hydrogen) atoms. The predicted octanol–water partition coefficient (Wildman–Crippen LogP) is 2.02. The van der Waals surface area contributed by atoms with E-state index >= 15 is 0 Å². The van der Waals surface area contributed by atoms with E-state index < -0.39 is 0 Å². The van der Waals surface area contributed by atoms with Gasteiger partial charge in [0.15, 0.2) is 6.29 Å². The Morgan fingerprint density at radius 1 is 1.53 bits per heavy atom. The average Bonchev–Trinajstić information content (AvgIpc) is 2.66. The number of aryl methyl sites for hydroxylation is 1. The zero-order valence-corrected chi connectivity index (χ0v) is 9.33. The van der Waals surface area contributed by atoms with E-state index in [1.54, 1.807) is 0 Å². The third kappa shape index (κ3) is 2.32. The molecule has 2 N–H and O–H groups in total. The molecule has 0 amide bonds. The maximum Gasteiger partial charge on any atom is 0.184 e. The summed E-state index contributed by atoms with van der Waals surface area (Å²) in [6.07, 6.45) is -0.291. The van der Waals surface area contributed by atoms with E-state index in [1.807, 2.05) is 25.1 Å². The van der Waals surface area contributed by atoms with Crippen molar-refractivity contribution in [3.05, 3.63) is 34.3 Å². The largest absolute Gasteiger partial charge is 0.346 e. The molecule has 1 fully saturated rings. The summed E-state index contributed by atoms with van der Waals surface area (Å²) in [5, 5.41) is 0.727. The van der Waals surface area contributed by atoms with Gasteiger partial charge < -0.3 is 15.2 Å². The highest BCUT2D eigenvalue weighted by atomic mass is 35.5. The summed E-state index contributed by atoms with van der Waals surface area (Å²) >= 11 is 5.88. The highest BCUT2D eigenvalue weighted by Crippen LogP contribution is 2.30. The van der Waals surface area contributed by atoms with Crippen molar-refractivity contribution in [2.75, 3.05) is 13.2 Å². The Kier molecular flexibility index (Phi) is 3.26. The first kappa shape index (κ1) is 10.9. The summed E-state index contributed by atoms with van der Waals surface area (Å²) in [5.74, 6) is 0. The van der Waals surface area contributed by atoms with Gasteiger partial charge >= 0.3 is 0 Å². The number of hydrogen-bond acceptors (Lipinski definition) is 3. The molecular formula is C11H14ClNO2. The van der Waals surface area contributed by atoms with Crippen LogP contribution in [0.4, 0.5) is 0 Å². The Morgan fingerprint density at radius 3 is 2.93 bits per heavy atom.